The average molecular weight is 258 g/mol. The Hall–Kier alpha value is -1.74. The normalized spacial score (nSPS) is 10.1. The van der Waals surface area contributed by atoms with E-state index in [1.165, 1.54) is 0 Å². The Bertz CT molecular complexity index is 564. The lowest BCUT2D eigenvalue weighted by molar-refractivity contribution is 0.101. The highest BCUT2D eigenvalue weighted by Gasteiger charge is 2.10. The summed E-state index contributed by atoms with van der Waals surface area (Å²) < 4.78 is 5.31. The molecule has 0 fully saturated rings. The molecule has 2 rings (SSSR count). The summed E-state index contributed by atoms with van der Waals surface area (Å²) >= 11 is 1.55. The molecule has 3 heteroatoms. The van der Waals surface area contributed by atoms with Gasteiger partial charge in [0.15, 0.2) is 5.78 Å². The molecule has 0 aliphatic heterocycles. The number of ketones is 1. The van der Waals surface area contributed by atoms with Gasteiger partial charge in [0.25, 0.3) is 0 Å². The first kappa shape index (κ1) is 12.7. The third-order valence-corrected chi connectivity index (χ3v) is 3.69. The fourth-order valence-electron chi connectivity index (χ4n) is 1.67. The fraction of sp³-hybridized carbons (Fsp3) is 0.133. The van der Waals surface area contributed by atoms with E-state index in [2.05, 4.69) is 0 Å². The summed E-state index contributed by atoms with van der Waals surface area (Å²) in [6.07, 6.45) is 0. The standard InChI is InChI=1S/C15H14O2S/c1-11(16)12-7-3-5-9-14(12)18-15-10-6-4-8-13(15)17-2/h3-10H,1-2H3. The molecule has 0 saturated carbocycles. The number of benzene rings is 2. The topological polar surface area (TPSA) is 26.3 Å². The van der Waals surface area contributed by atoms with Gasteiger partial charge in [0.1, 0.15) is 5.75 Å². The lowest BCUT2D eigenvalue weighted by Gasteiger charge is -2.09. The van der Waals surface area contributed by atoms with Crippen LogP contribution in [-0.4, -0.2) is 12.9 Å². The molecule has 0 spiro atoms. The number of hydrogen-bond donors (Lipinski definition) is 0. The fourth-order valence-corrected chi connectivity index (χ4v) is 2.77. The van der Waals surface area contributed by atoms with Crippen molar-refractivity contribution >= 4 is 17.5 Å². The molecule has 0 atom stereocenters. The van der Waals surface area contributed by atoms with E-state index in [-0.39, 0.29) is 5.78 Å². The van der Waals surface area contributed by atoms with Crippen molar-refractivity contribution in [3.05, 3.63) is 54.1 Å². The van der Waals surface area contributed by atoms with Crippen LogP contribution >= 0.6 is 11.8 Å². The zero-order valence-electron chi connectivity index (χ0n) is 10.3. The monoisotopic (exact) mass is 258 g/mol. The SMILES string of the molecule is COc1ccccc1Sc1ccccc1C(C)=O. The van der Waals surface area contributed by atoms with Gasteiger partial charge in [0, 0.05) is 10.5 Å². The minimum absolute atomic E-state index is 0.0768. The predicted octanol–water partition coefficient (Wildman–Crippen LogP) is 4.05. The van der Waals surface area contributed by atoms with Crippen molar-refractivity contribution < 1.29 is 9.53 Å². The largest absolute Gasteiger partial charge is 0.496 e. The maximum Gasteiger partial charge on any atom is 0.160 e. The molecule has 0 bridgehead atoms. The third-order valence-electron chi connectivity index (χ3n) is 2.56. The van der Waals surface area contributed by atoms with Gasteiger partial charge in [-0.25, -0.2) is 0 Å². The number of hydrogen-bond acceptors (Lipinski definition) is 3. The van der Waals surface area contributed by atoms with Crippen LogP contribution in [0.25, 0.3) is 0 Å². The van der Waals surface area contributed by atoms with E-state index in [0.29, 0.717) is 0 Å². The molecule has 0 amide bonds. The van der Waals surface area contributed by atoms with Gasteiger partial charge in [0.2, 0.25) is 0 Å². The maximum absolute atomic E-state index is 11.6. The number of ether oxygens (including phenoxy) is 1. The maximum atomic E-state index is 11.6. The summed E-state index contributed by atoms with van der Waals surface area (Å²) in [5, 5.41) is 0. The summed E-state index contributed by atoms with van der Waals surface area (Å²) in [6, 6.07) is 15.4. The lowest BCUT2D eigenvalue weighted by atomic mass is 10.1. The minimum Gasteiger partial charge on any atom is -0.496 e. The molecule has 0 aliphatic rings. The Balaban J connectivity index is 2.37. The van der Waals surface area contributed by atoms with Crippen molar-refractivity contribution in [2.24, 2.45) is 0 Å². The van der Waals surface area contributed by atoms with Crippen molar-refractivity contribution in [2.75, 3.05) is 7.11 Å². The van der Waals surface area contributed by atoms with Crippen LogP contribution in [0.5, 0.6) is 5.75 Å². The van der Waals surface area contributed by atoms with Crippen LogP contribution in [0.1, 0.15) is 17.3 Å². The van der Waals surface area contributed by atoms with Gasteiger partial charge < -0.3 is 4.74 Å². The van der Waals surface area contributed by atoms with E-state index < -0.39 is 0 Å². The van der Waals surface area contributed by atoms with Crippen LogP contribution in [0, 0.1) is 0 Å². The third kappa shape index (κ3) is 2.74. The van der Waals surface area contributed by atoms with Crippen LogP contribution in [0.4, 0.5) is 0 Å². The van der Waals surface area contributed by atoms with E-state index in [4.69, 9.17) is 4.74 Å². The predicted molar refractivity (Wildman–Crippen MR) is 73.6 cm³/mol. The number of carbonyl (C=O) groups excluding carboxylic acids is 1. The molecule has 2 aromatic carbocycles. The van der Waals surface area contributed by atoms with Crippen LogP contribution in [0.15, 0.2) is 58.3 Å². The average Bonchev–Trinajstić information content (AvgIpc) is 2.40. The zero-order chi connectivity index (χ0) is 13.0. The smallest absolute Gasteiger partial charge is 0.160 e. The van der Waals surface area contributed by atoms with Crippen LogP contribution in [0.3, 0.4) is 0 Å². The molecule has 0 heterocycles. The number of para-hydroxylation sites is 1. The molecule has 92 valence electrons. The van der Waals surface area contributed by atoms with E-state index >= 15 is 0 Å². The summed E-state index contributed by atoms with van der Waals surface area (Å²) in [5.41, 5.74) is 0.744. The van der Waals surface area contributed by atoms with E-state index in [0.717, 1.165) is 21.1 Å². The van der Waals surface area contributed by atoms with E-state index in [1.807, 2.05) is 48.5 Å². The highest BCUT2D eigenvalue weighted by Crippen LogP contribution is 2.36. The first-order valence-corrected chi connectivity index (χ1v) is 6.45. The molecular weight excluding hydrogens is 244 g/mol. The van der Waals surface area contributed by atoms with Gasteiger partial charge in [-0.2, -0.15) is 0 Å². The Morgan fingerprint density at radius 1 is 1.00 bits per heavy atom. The van der Waals surface area contributed by atoms with E-state index in [9.17, 15) is 4.79 Å². The van der Waals surface area contributed by atoms with Crippen LogP contribution in [0.2, 0.25) is 0 Å². The Labute approximate surface area is 111 Å². The summed E-state index contributed by atoms with van der Waals surface area (Å²) in [6.45, 7) is 1.58. The van der Waals surface area contributed by atoms with Gasteiger partial charge in [-0.3, -0.25) is 4.79 Å². The molecule has 0 aliphatic carbocycles. The number of rotatable bonds is 4. The second-order valence-electron chi connectivity index (χ2n) is 3.81. The molecule has 0 radical (unpaired) electrons. The van der Waals surface area contributed by atoms with Crippen molar-refractivity contribution in [3.8, 4) is 5.75 Å². The van der Waals surface area contributed by atoms with Crippen molar-refractivity contribution in [3.63, 3.8) is 0 Å². The molecule has 2 aromatic rings. The van der Waals surface area contributed by atoms with Crippen molar-refractivity contribution in [2.45, 2.75) is 16.7 Å². The molecule has 0 unspecified atom stereocenters. The quantitative estimate of drug-likeness (QED) is 0.774. The van der Waals surface area contributed by atoms with Gasteiger partial charge >= 0.3 is 0 Å². The Kier molecular flexibility index (Phi) is 4.05. The lowest BCUT2D eigenvalue weighted by Crippen LogP contribution is -1.94. The minimum atomic E-state index is 0.0768. The van der Waals surface area contributed by atoms with Gasteiger partial charge in [-0.1, -0.05) is 42.1 Å². The molecule has 0 aromatic heterocycles. The second-order valence-corrected chi connectivity index (χ2v) is 4.89. The van der Waals surface area contributed by atoms with Crippen LogP contribution < -0.4 is 4.74 Å². The molecule has 0 saturated heterocycles. The molecule has 2 nitrogen and oxygen atoms in total. The van der Waals surface area contributed by atoms with Crippen LogP contribution in [-0.2, 0) is 0 Å². The summed E-state index contributed by atoms with van der Waals surface area (Å²) in [7, 11) is 1.65. The molecular formula is C15H14O2S. The number of carbonyl (C=O) groups is 1. The first-order valence-electron chi connectivity index (χ1n) is 5.63. The van der Waals surface area contributed by atoms with Gasteiger partial charge in [0.05, 0.1) is 12.0 Å². The number of Topliss-reactive ketones (excluding diaryl/α,β-unsaturated/α-hetero) is 1. The molecule has 18 heavy (non-hydrogen) atoms. The van der Waals surface area contributed by atoms with Crippen molar-refractivity contribution in [1.29, 1.82) is 0 Å². The Morgan fingerprint density at radius 3 is 2.28 bits per heavy atom. The summed E-state index contributed by atoms with van der Waals surface area (Å²) in [5.74, 6) is 0.897. The van der Waals surface area contributed by atoms with Crippen molar-refractivity contribution in [1.82, 2.24) is 0 Å². The Morgan fingerprint density at radius 2 is 1.61 bits per heavy atom. The number of methoxy groups -OCH3 is 1. The highest BCUT2D eigenvalue weighted by atomic mass is 32.2. The van der Waals surface area contributed by atoms with E-state index in [1.54, 1.807) is 25.8 Å². The summed E-state index contributed by atoms with van der Waals surface area (Å²) in [4.78, 5) is 13.5. The molecule has 0 N–H and O–H groups in total. The highest BCUT2D eigenvalue weighted by molar-refractivity contribution is 7.99. The second kappa shape index (κ2) is 5.74. The van der Waals surface area contributed by atoms with Gasteiger partial charge in [-0.05, 0) is 25.1 Å². The zero-order valence-corrected chi connectivity index (χ0v) is 11.2. The first-order chi connectivity index (χ1) is 8.72. The van der Waals surface area contributed by atoms with Gasteiger partial charge in [-0.15, -0.1) is 0 Å².